The number of hydrogen-bond acceptors (Lipinski definition) is 3. The Morgan fingerprint density at radius 1 is 1.29 bits per heavy atom. The Kier molecular flexibility index (Phi) is 2.58. The zero-order chi connectivity index (χ0) is 12.6. The molecule has 2 rings (SSSR count). The molecule has 0 spiro atoms. The van der Waals surface area contributed by atoms with Gasteiger partial charge in [-0.1, -0.05) is 12.1 Å². The summed E-state index contributed by atoms with van der Waals surface area (Å²) >= 11 is 0. The van der Waals surface area contributed by atoms with Crippen LogP contribution < -0.4 is 0 Å². The largest absolute Gasteiger partial charge is 0.471 e. The van der Waals surface area contributed by atoms with E-state index in [0.29, 0.717) is 5.56 Å². The summed E-state index contributed by atoms with van der Waals surface area (Å²) in [5.41, 5.74) is -0.703. The van der Waals surface area contributed by atoms with Crippen LogP contribution in [-0.4, -0.2) is 11.6 Å². The fourth-order valence-corrected chi connectivity index (χ4v) is 1.70. The first-order valence-corrected chi connectivity index (χ1v) is 5.15. The molecule has 0 amide bonds. The van der Waals surface area contributed by atoms with Crippen molar-refractivity contribution in [2.24, 2.45) is 0 Å². The molecule has 1 aromatic rings. The Balaban J connectivity index is 2.37. The van der Waals surface area contributed by atoms with Crippen LogP contribution in [0.1, 0.15) is 19.4 Å². The Morgan fingerprint density at radius 3 is 2.35 bits per heavy atom. The van der Waals surface area contributed by atoms with E-state index in [1.54, 1.807) is 6.92 Å². The van der Waals surface area contributed by atoms with E-state index in [1.807, 2.05) is 0 Å². The number of ether oxygens (including phenoxy) is 1. The van der Waals surface area contributed by atoms with Crippen molar-refractivity contribution in [3.8, 4) is 0 Å². The summed E-state index contributed by atoms with van der Waals surface area (Å²) in [5.74, 6) is -0.956. The highest BCUT2D eigenvalue weighted by molar-refractivity contribution is 6.07. The van der Waals surface area contributed by atoms with Gasteiger partial charge in [-0.25, -0.2) is 4.39 Å². The van der Waals surface area contributed by atoms with Crippen LogP contribution in [0.4, 0.5) is 4.39 Å². The van der Waals surface area contributed by atoms with E-state index >= 15 is 0 Å². The Morgan fingerprint density at radius 2 is 1.88 bits per heavy atom. The third-order valence-electron chi connectivity index (χ3n) is 2.79. The molecule has 3 nitrogen and oxygen atoms in total. The van der Waals surface area contributed by atoms with Gasteiger partial charge in [0.05, 0.1) is 0 Å². The molecule has 0 N–H and O–H groups in total. The molecule has 1 unspecified atom stereocenters. The Bertz CT molecular complexity index is 516. The summed E-state index contributed by atoms with van der Waals surface area (Å²) in [7, 11) is 0. The fourth-order valence-electron chi connectivity index (χ4n) is 1.70. The van der Waals surface area contributed by atoms with Crippen LogP contribution in [0, 0.1) is 5.82 Å². The summed E-state index contributed by atoms with van der Waals surface area (Å²) in [6.45, 7) is 2.89. The van der Waals surface area contributed by atoms with Gasteiger partial charge in [0.15, 0.2) is 17.1 Å². The van der Waals surface area contributed by atoms with Gasteiger partial charge in [-0.15, -0.1) is 0 Å². The van der Waals surface area contributed by atoms with E-state index in [2.05, 4.69) is 0 Å². The van der Waals surface area contributed by atoms with Gasteiger partial charge in [0, 0.05) is 18.6 Å². The average Bonchev–Trinajstić information content (AvgIpc) is 2.58. The standard InChI is InChI=1S/C13H11FO3/c1-8(15)11-7-12(16)13(2,17-11)9-3-5-10(14)6-4-9/h3-7H,1-2H3. The van der Waals surface area contributed by atoms with Gasteiger partial charge in [0.1, 0.15) is 5.82 Å². The molecule has 88 valence electrons. The summed E-state index contributed by atoms with van der Waals surface area (Å²) in [5, 5.41) is 0. The quantitative estimate of drug-likeness (QED) is 0.787. The monoisotopic (exact) mass is 234 g/mol. The van der Waals surface area contributed by atoms with Crippen molar-refractivity contribution in [2.75, 3.05) is 0 Å². The van der Waals surface area contributed by atoms with Crippen LogP contribution in [0.25, 0.3) is 0 Å². The van der Waals surface area contributed by atoms with Gasteiger partial charge in [-0.2, -0.15) is 0 Å². The predicted octanol–water partition coefficient (Wildman–Crippen LogP) is 2.11. The van der Waals surface area contributed by atoms with Gasteiger partial charge in [-0.3, -0.25) is 9.59 Å². The number of carbonyl (C=O) groups excluding carboxylic acids is 2. The van der Waals surface area contributed by atoms with E-state index in [1.165, 1.54) is 37.3 Å². The molecule has 1 aliphatic rings. The molecule has 0 bridgehead atoms. The van der Waals surface area contributed by atoms with Gasteiger partial charge in [0.2, 0.25) is 5.78 Å². The first kappa shape index (κ1) is 11.5. The third-order valence-corrected chi connectivity index (χ3v) is 2.79. The highest BCUT2D eigenvalue weighted by Gasteiger charge is 2.42. The fraction of sp³-hybridized carbons (Fsp3) is 0.231. The molecule has 17 heavy (non-hydrogen) atoms. The topological polar surface area (TPSA) is 43.4 Å². The molecule has 0 radical (unpaired) electrons. The lowest BCUT2D eigenvalue weighted by Gasteiger charge is -2.23. The van der Waals surface area contributed by atoms with Crippen LogP contribution in [0.2, 0.25) is 0 Å². The third kappa shape index (κ3) is 1.86. The highest BCUT2D eigenvalue weighted by atomic mass is 19.1. The number of hydrogen-bond donors (Lipinski definition) is 0. The van der Waals surface area contributed by atoms with E-state index in [9.17, 15) is 14.0 Å². The zero-order valence-corrected chi connectivity index (χ0v) is 9.49. The van der Waals surface area contributed by atoms with Crippen LogP contribution in [0.15, 0.2) is 36.1 Å². The van der Waals surface area contributed by atoms with Crippen molar-refractivity contribution < 1.29 is 18.7 Å². The maximum atomic E-state index is 12.8. The van der Waals surface area contributed by atoms with E-state index in [0.717, 1.165) is 0 Å². The number of carbonyl (C=O) groups is 2. The number of Topliss-reactive ketones (excluding diaryl/α,β-unsaturated/α-hetero) is 1. The van der Waals surface area contributed by atoms with Crippen molar-refractivity contribution in [1.29, 1.82) is 0 Å². The second-order valence-corrected chi connectivity index (χ2v) is 4.07. The maximum Gasteiger partial charge on any atom is 0.207 e. The van der Waals surface area contributed by atoms with Crippen molar-refractivity contribution in [3.63, 3.8) is 0 Å². The molecule has 1 aromatic carbocycles. The van der Waals surface area contributed by atoms with Gasteiger partial charge < -0.3 is 4.74 Å². The van der Waals surface area contributed by atoms with Gasteiger partial charge >= 0.3 is 0 Å². The molecular formula is C13H11FO3. The first-order valence-electron chi connectivity index (χ1n) is 5.15. The molecule has 0 aliphatic carbocycles. The molecule has 0 saturated carbocycles. The van der Waals surface area contributed by atoms with Crippen LogP contribution in [0.5, 0.6) is 0 Å². The zero-order valence-electron chi connectivity index (χ0n) is 9.49. The number of halogens is 1. The SMILES string of the molecule is CC(=O)C1=CC(=O)C(C)(c2ccc(F)cc2)O1. The van der Waals surface area contributed by atoms with E-state index in [-0.39, 0.29) is 23.1 Å². The summed E-state index contributed by atoms with van der Waals surface area (Å²) in [6, 6.07) is 5.46. The Hall–Kier alpha value is -1.97. The van der Waals surface area contributed by atoms with E-state index < -0.39 is 5.60 Å². The smallest absolute Gasteiger partial charge is 0.207 e. The molecule has 4 heteroatoms. The summed E-state index contributed by atoms with van der Waals surface area (Å²) in [6.07, 6.45) is 1.19. The molecule has 1 aliphatic heterocycles. The van der Waals surface area contributed by atoms with Crippen LogP contribution >= 0.6 is 0 Å². The van der Waals surface area contributed by atoms with E-state index in [4.69, 9.17) is 4.74 Å². The number of allylic oxidation sites excluding steroid dienone is 1. The average molecular weight is 234 g/mol. The molecule has 0 aromatic heterocycles. The highest BCUT2D eigenvalue weighted by Crippen LogP contribution is 2.35. The molecule has 0 fully saturated rings. The first-order chi connectivity index (χ1) is 7.93. The predicted molar refractivity (Wildman–Crippen MR) is 58.6 cm³/mol. The number of ketones is 2. The molecule has 0 saturated heterocycles. The van der Waals surface area contributed by atoms with Gasteiger partial charge in [0.25, 0.3) is 0 Å². The van der Waals surface area contributed by atoms with Crippen molar-refractivity contribution >= 4 is 11.6 Å². The van der Waals surface area contributed by atoms with Crippen LogP contribution in [-0.2, 0) is 19.9 Å². The number of benzene rings is 1. The minimum Gasteiger partial charge on any atom is -0.471 e. The maximum absolute atomic E-state index is 12.8. The lowest BCUT2D eigenvalue weighted by molar-refractivity contribution is -0.131. The lowest BCUT2D eigenvalue weighted by atomic mass is 9.92. The normalized spacial score (nSPS) is 23.2. The Labute approximate surface area is 97.9 Å². The molecule has 1 heterocycles. The van der Waals surface area contributed by atoms with Crippen LogP contribution in [0.3, 0.4) is 0 Å². The number of rotatable bonds is 2. The second kappa shape index (κ2) is 3.80. The summed E-state index contributed by atoms with van der Waals surface area (Å²) in [4.78, 5) is 23.0. The summed E-state index contributed by atoms with van der Waals surface area (Å²) < 4.78 is 18.2. The second-order valence-electron chi connectivity index (χ2n) is 4.07. The minimum atomic E-state index is -1.23. The molecular weight excluding hydrogens is 223 g/mol. The molecule has 1 atom stereocenters. The van der Waals surface area contributed by atoms with Gasteiger partial charge in [-0.05, 0) is 19.1 Å². The van der Waals surface area contributed by atoms with Crippen molar-refractivity contribution in [2.45, 2.75) is 19.4 Å². The van der Waals surface area contributed by atoms with Crippen molar-refractivity contribution in [3.05, 3.63) is 47.5 Å². The lowest BCUT2D eigenvalue weighted by Crippen LogP contribution is -2.30. The minimum absolute atomic E-state index is 0.0434. The van der Waals surface area contributed by atoms with Crippen molar-refractivity contribution in [1.82, 2.24) is 0 Å².